The van der Waals surface area contributed by atoms with Crippen molar-refractivity contribution in [2.45, 2.75) is 197 Å². The first-order chi connectivity index (χ1) is 32.8. The van der Waals surface area contributed by atoms with Crippen molar-refractivity contribution in [2.24, 2.45) is 11.8 Å². The maximum Gasteiger partial charge on any atom is 0.0717 e. The number of fused-ring (bicyclic) bond motifs is 3. The summed E-state index contributed by atoms with van der Waals surface area (Å²) in [6.07, 6.45) is 20.0. The van der Waals surface area contributed by atoms with Crippen molar-refractivity contribution in [3.8, 4) is 0 Å². The molecule has 0 aromatic heterocycles. The molecule has 6 nitrogen and oxygen atoms in total. The third-order valence-electron chi connectivity index (χ3n) is 20.7. The van der Waals surface area contributed by atoms with E-state index in [1.807, 2.05) is 0 Å². The van der Waals surface area contributed by atoms with E-state index in [1.54, 1.807) is 0 Å². The lowest BCUT2D eigenvalue weighted by Crippen LogP contribution is -2.82. The fourth-order valence-electron chi connectivity index (χ4n) is 19.3. The number of anilines is 4. The molecule has 6 saturated carbocycles. The van der Waals surface area contributed by atoms with Gasteiger partial charge in [0.2, 0.25) is 0 Å². The second-order valence-corrected chi connectivity index (χ2v) is 28.5. The van der Waals surface area contributed by atoms with Crippen molar-refractivity contribution < 1.29 is 9.47 Å². The smallest absolute Gasteiger partial charge is 0.0717 e. The fraction of sp³-hybridized carbons (Fsp3) is 0.586. The lowest BCUT2D eigenvalue weighted by molar-refractivity contribution is -0.146. The minimum absolute atomic E-state index is 0.267. The van der Waals surface area contributed by atoms with Crippen molar-refractivity contribution in [3.63, 3.8) is 0 Å². The van der Waals surface area contributed by atoms with Crippen LogP contribution in [0.4, 0.5) is 22.7 Å². The van der Waals surface area contributed by atoms with Crippen LogP contribution in [0.2, 0.25) is 0 Å². The van der Waals surface area contributed by atoms with E-state index in [-0.39, 0.29) is 15.8 Å². The highest BCUT2D eigenvalue weighted by Gasteiger charge is 2.74. The van der Waals surface area contributed by atoms with Gasteiger partial charge in [0.05, 0.1) is 24.4 Å². The molecule has 22 unspecified atom stereocenters. The molecule has 6 saturated heterocycles. The standard InChI is InChI=1S/C58H68N4O2P2/c1-5-17-36(18-6-1)59-40-25-13-27-42-53(40)65-56-45(59)30-16-32-48(56)64-52-50-35(33-46(57(52)65)61(42)38-21-9-3-10-22-38)34-49-58-51(50)62(39-23-11-4-12-24-39)43-28-14-26-41-54(43)66(58)55-44(29-15-31-47(55)63-49)60(41)37-19-7-2-8-20-37/h1-12,17-24,35,40-58H,13-16,25-34H2. The van der Waals surface area contributed by atoms with Gasteiger partial charge in [-0.05, 0) is 144 Å². The zero-order valence-corrected chi connectivity index (χ0v) is 40.3. The summed E-state index contributed by atoms with van der Waals surface area (Å²) in [6, 6.07) is 52.2. The molecule has 8 heteroatoms. The normalized spacial score (nSPS) is 47.5. The molecule has 66 heavy (non-hydrogen) atoms. The molecule has 6 aliphatic heterocycles. The van der Waals surface area contributed by atoms with Crippen LogP contribution in [0.5, 0.6) is 0 Å². The number of hydrogen-bond acceptors (Lipinski definition) is 6. The van der Waals surface area contributed by atoms with Gasteiger partial charge in [-0.2, -0.15) is 0 Å². The third kappa shape index (κ3) is 5.41. The third-order valence-corrected chi connectivity index (χ3v) is 28.9. The van der Waals surface area contributed by atoms with Gasteiger partial charge in [0, 0.05) is 111 Å². The Morgan fingerprint density at radius 1 is 0.348 bits per heavy atom. The molecule has 4 aromatic rings. The summed E-state index contributed by atoms with van der Waals surface area (Å²) >= 11 is 0. The number of benzene rings is 4. The van der Waals surface area contributed by atoms with Crippen LogP contribution < -0.4 is 19.6 Å². The molecule has 6 aliphatic carbocycles. The van der Waals surface area contributed by atoms with Gasteiger partial charge in [-0.3, -0.25) is 0 Å². The quantitative estimate of drug-likeness (QED) is 0.190. The summed E-state index contributed by atoms with van der Waals surface area (Å²) < 4.78 is 16.3. The van der Waals surface area contributed by atoms with Crippen molar-refractivity contribution in [3.05, 3.63) is 121 Å². The number of nitrogens with zero attached hydrogens (tertiary/aromatic N) is 4. The summed E-state index contributed by atoms with van der Waals surface area (Å²) in [5.74, 6) is 1.16. The first kappa shape index (κ1) is 39.7. The maximum absolute atomic E-state index is 8.34. The molecule has 342 valence electrons. The molecular formula is C58H68N4O2P2. The lowest BCUT2D eigenvalue weighted by Gasteiger charge is -2.76. The number of hydrogen-bond donors (Lipinski definition) is 0. The summed E-state index contributed by atoms with van der Waals surface area (Å²) in [5, 5.41) is 0. The van der Waals surface area contributed by atoms with Gasteiger partial charge >= 0.3 is 0 Å². The van der Waals surface area contributed by atoms with Gasteiger partial charge in [-0.15, -0.1) is 0 Å². The van der Waals surface area contributed by atoms with Crippen LogP contribution in [-0.4, -0.2) is 107 Å². The topological polar surface area (TPSA) is 31.4 Å². The number of ether oxygens (including phenoxy) is 2. The van der Waals surface area contributed by atoms with Gasteiger partial charge in [0.25, 0.3) is 0 Å². The van der Waals surface area contributed by atoms with E-state index in [9.17, 15) is 0 Å². The van der Waals surface area contributed by atoms with Gasteiger partial charge < -0.3 is 29.1 Å². The zero-order valence-electron chi connectivity index (χ0n) is 38.5. The highest BCUT2D eigenvalue weighted by atomic mass is 31.1. The average molecular weight is 915 g/mol. The SMILES string of the molecule is c1ccc(N2C3CCCC4OC5C6C(CC7OC8CCCC9C8P8C%10C(CCCC%10N(c%10ccccc%10)C6C78)N9c6ccccc6)CC6C5P(C43)C3C2CCCC3N6c2ccccc2)cc1. The maximum atomic E-state index is 8.34. The van der Waals surface area contributed by atoms with E-state index in [2.05, 4.69) is 141 Å². The molecule has 0 bridgehead atoms. The molecule has 4 aromatic carbocycles. The highest BCUT2D eigenvalue weighted by Crippen LogP contribution is 2.77. The van der Waals surface area contributed by atoms with Gasteiger partial charge in [0.15, 0.2) is 0 Å². The van der Waals surface area contributed by atoms with Crippen LogP contribution in [0.15, 0.2) is 121 Å². The second kappa shape index (κ2) is 15.2. The van der Waals surface area contributed by atoms with Crippen LogP contribution in [-0.2, 0) is 9.47 Å². The summed E-state index contributed by atoms with van der Waals surface area (Å²) in [7, 11) is -0.542. The predicted octanol–water partition coefficient (Wildman–Crippen LogP) is 11.5. The van der Waals surface area contributed by atoms with Crippen LogP contribution >= 0.6 is 15.8 Å². The summed E-state index contributed by atoms with van der Waals surface area (Å²) in [6.45, 7) is 0. The Morgan fingerprint density at radius 3 is 1.24 bits per heavy atom. The molecule has 0 amide bonds. The Labute approximate surface area is 395 Å². The van der Waals surface area contributed by atoms with E-state index in [0.717, 1.165) is 11.3 Å². The van der Waals surface area contributed by atoms with E-state index in [4.69, 9.17) is 9.47 Å². The Balaban J connectivity index is 0.881. The van der Waals surface area contributed by atoms with Gasteiger partial charge in [-0.1, -0.05) is 88.6 Å². The van der Waals surface area contributed by atoms with Crippen molar-refractivity contribution in [1.82, 2.24) is 0 Å². The largest absolute Gasteiger partial charge is 0.374 e. The van der Waals surface area contributed by atoms with E-state index < -0.39 is 0 Å². The number of rotatable bonds is 4. The van der Waals surface area contributed by atoms with Crippen LogP contribution in [0.25, 0.3) is 0 Å². The zero-order chi connectivity index (χ0) is 42.8. The molecule has 12 aliphatic rings. The molecule has 16 rings (SSSR count). The Bertz CT molecular complexity index is 2430. The minimum atomic E-state index is -0.275. The molecule has 12 fully saturated rings. The van der Waals surface area contributed by atoms with E-state index in [0.29, 0.717) is 107 Å². The Morgan fingerprint density at radius 2 is 0.742 bits per heavy atom. The monoisotopic (exact) mass is 914 g/mol. The van der Waals surface area contributed by atoms with Crippen molar-refractivity contribution >= 4 is 38.6 Å². The van der Waals surface area contributed by atoms with Crippen molar-refractivity contribution in [1.29, 1.82) is 0 Å². The molecule has 0 spiro atoms. The Hall–Kier alpha value is -3.14. The predicted molar refractivity (Wildman–Crippen MR) is 271 cm³/mol. The molecular weight excluding hydrogens is 847 g/mol. The van der Waals surface area contributed by atoms with Crippen molar-refractivity contribution in [2.75, 3.05) is 19.6 Å². The first-order valence-corrected chi connectivity index (χ1v) is 30.1. The molecule has 22 atom stereocenters. The summed E-state index contributed by atoms with van der Waals surface area (Å²) in [4.78, 5) is 12.4. The molecule has 0 radical (unpaired) electrons. The fourth-order valence-corrected chi connectivity index (χ4v) is 29.6. The number of para-hydroxylation sites is 4. The molecule has 6 heterocycles. The van der Waals surface area contributed by atoms with Crippen LogP contribution in [0.3, 0.4) is 0 Å². The molecule has 0 N–H and O–H groups in total. The van der Waals surface area contributed by atoms with E-state index in [1.165, 1.54) is 113 Å². The highest BCUT2D eigenvalue weighted by molar-refractivity contribution is 7.61. The van der Waals surface area contributed by atoms with E-state index >= 15 is 0 Å². The van der Waals surface area contributed by atoms with Crippen LogP contribution in [0.1, 0.15) is 89.9 Å². The average Bonchev–Trinajstić information content (AvgIpc) is 3.37. The Kier molecular flexibility index (Phi) is 9.13. The second-order valence-electron chi connectivity index (χ2n) is 23.2. The van der Waals surface area contributed by atoms with Crippen LogP contribution in [0, 0.1) is 11.8 Å². The lowest BCUT2D eigenvalue weighted by atomic mass is 9.62. The van der Waals surface area contributed by atoms with Gasteiger partial charge in [0.1, 0.15) is 0 Å². The van der Waals surface area contributed by atoms with Gasteiger partial charge in [-0.25, -0.2) is 0 Å². The summed E-state index contributed by atoms with van der Waals surface area (Å²) in [5.41, 5.74) is 10.0. The first-order valence-electron chi connectivity index (χ1n) is 27.0. The minimum Gasteiger partial charge on any atom is -0.374 e.